The van der Waals surface area contributed by atoms with Crippen molar-refractivity contribution in [3.05, 3.63) is 29.6 Å². The average molecular weight is 155 g/mol. The van der Waals surface area contributed by atoms with Crippen LogP contribution in [0.1, 0.15) is 24.3 Å². The second kappa shape index (κ2) is 2.26. The fraction of sp³-hybridized carbons (Fsp3) is 0.375. The lowest BCUT2D eigenvalue weighted by atomic mass is 10.2. The number of pyridine rings is 1. The Labute approximate surface area is 63.1 Å². The van der Waals surface area contributed by atoms with Crippen LogP contribution >= 0.6 is 0 Å². The number of nitrogens with zero attached hydrogens (tertiary/aromatic N) is 1. The van der Waals surface area contributed by atoms with Crippen molar-refractivity contribution in [3.63, 3.8) is 0 Å². The number of halogens is 2. The Morgan fingerprint density at radius 2 is 2.09 bits per heavy atom. The Morgan fingerprint density at radius 3 is 2.64 bits per heavy atom. The molecule has 0 bridgehead atoms. The van der Waals surface area contributed by atoms with E-state index in [0.29, 0.717) is 0 Å². The minimum absolute atomic E-state index is 0.0868. The van der Waals surface area contributed by atoms with Crippen molar-refractivity contribution < 1.29 is 8.78 Å². The van der Waals surface area contributed by atoms with E-state index in [2.05, 4.69) is 4.98 Å². The summed E-state index contributed by atoms with van der Waals surface area (Å²) in [4.78, 5) is 3.39. The molecule has 2 rings (SSSR count). The standard InChI is InChI=1S/C8H7F2N/c9-6-3-4-11-8(10)7(6)5-1-2-5/h3-5H,1-2H2. The molecule has 0 unspecified atom stereocenters. The molecule has 1 aliphatic carbocycles. The maximum atomic E-state index is 12.9. The molecule has 1 nitrogen and oxygen atoms in total. The zero-order valence-corrected chi connectivity index (χ0v) is 5.85. The summed E-state index contributed by atoms with van der Waals surface area (Å²) in [5.74, 6) is -1.02. The van der Waals surface area contributed by atoms with Crippen LogP contribution in [-0.4, -0.2) is 4.98 Å². The molecule has 11 heavy (non-hydrogen) atoms. The van der Waals surface area contributed by atoms with Gasteiger partial charge in [-0.3, -0.25) is 0 Å². The van der Waals surface area contributed by atoms with Crippen LogP contribution in [0, 0.1) is 11.8 Å². The van der Waals surface area contributed by atoms with Crippen molar-refractivity contribution in [2.75, 3.05) is 0 Å². The molecule has 0 atom stereocenters. The van der Waals surface area contributed by atoms with Crippen molar-refractivity contribution in [3.8, 4) is 0 Å². The average Bonchev–Trinajstić information content (AvgIpc) is 2.70. The van der Waals surface area contributed by atoms with Gasteiger partial charge in [0.05, 0.1) is 0 Å². The Balaban J connectivity index is 2.48. The van der Waals surface area contributed by atoms with Gasteiger partial charge in [0, 0.05) is 11.8 Å². The monoisotopic (exact) mass is 155 g/mol. The van der Waals surface area contributed by atoms with Crippen molar-refractivity contribution >= 4 is 0 Å². The summed E-state index contributed by atoms with van der Waals surface area (Å²) >= 11 is 0. The van der Waals surface area contributed by atoms with E-state index in [1.165, 1.54) is 6.07 Å². The van der Waals surface area contributed by atoms with Gasteiger partial charge >= 0.3 is 0 Å². The molecule has 0 spiro atoms. The molecule has 0 radical (unpaired) electrons. The van der Waals surface area contributed by atoms with E-state index >= 15 is 0 Å². The third-order valence-electron chi connectivity index (χ3n) is 1.87. The molecule has 0 aliphatic heterocycles. The molecule has 1 saturated carbocycles. The van der Waals surface area contributed by atoms with Gasteiger partial charge in [-0.2, -0.15) is 4.39 Å². The zero-order valence-electron chi connectivity index (χ0n) is 5.85. The lowest BCUT2D eigenvalue weighted by Gasteiger charge is -1.99. The van der Waals surface area contributed by atoms with Crippen LogP contribution < -0.4 is 0 Å². The van der Waals surface area contributed by atoms with Gasteiger partial charge in [0.1, 0.15) is 5.82 Å². The van der Waals surface area contributed by atoms with Gasteiger partial charge in [0.15, 0.2) is 0 Å². The minimum atomic E-state index is -0.646. The first-order valence-corrected chi connectivity index (χ1v) is 3.59. The van der Waals surface area contributed by atoms with E-state index in [4.69, 9.17) is 0 Å². The van der Waals surface area contributed by atoms with Gasteiger partial charge in [0.25, 0.3) is 0 Å². The Kier molecular flexibility index (Phi) is 1.37. The SMILES string of the molecule is Fc1ccnc(F)c1C1CC1. The molecule has 1 fully saturated rings. The Hall–Kier alpha value is -0.990. The third-order valence-corrected chi connectivity index (χ3v) is 1.87. The Bertz CT molecular complexity index is 261. The molecule has 0 N–H and O–H groups in total. The number of hydrogen-bond donors (Lipinski definition) is 0. The predicted molar refractivity (Wildman–Crippen MR) is 36.1 cm³/mol. The normalized spacial score (nSPS) is 16.9. The molecule has 0 saturated heterocycles. The fourth-order valence-corrected chi connectivity index (χ4v) is 1.16. The lowest BCUT2D eigenvalue weighted by Crippen LogP contribution is -1.95. The quantitative estimate of drug-likeness (QED) is 0.567. The smallest absolute Gasteiger partial charge is 0.219 e. The first kappa shape index (κ1) is 6.70. The van der Waals surface area contributed by atoms with Crippen LogP contribution in [0.5, 0.6) is 0 Å². The van der Waals surface area contributed by atoms with Crippen molar-refractivity contribution in [1.29, 1.82) is 0 Å². The van der Waals surface area contributed by atoms with E-state index < -0.39 is 11.8 Å². The highest BCUT2D eigenvalue weighted by Gasteiger charge is 2.29. The first-order chi connectivity index (χ1) is 5.29. The highest BCUT2D eigenvalue weighted by Crippen LogP contribution is 2.41. The van der Waals surface area contributed by atoms with Crippen LogP contribution in [-0.2, 0) is 0 Å². The van der Waals surface area contributed by atoms with Gasteiger partial charge in [-0.1, -0.05) is 0 Å². The molecule has 1 aromatic heterocycles. The lowest BCUT2D eigenvalue weighted by molar-refractivity contribution is 0.527. The van der Waals surface area contributed by atoms with E-state index in [0.717, 1.165) is 19.0 Å². The highest BCUT2D eigenvalue weighted by molar-refractivity contribution is 5.22. The second-order valence-corrected chi connectivity index (χ2v) is 2.77. The van der Waals surface area contributed by atoms with Crippen LogP contribution in [0.3, 0.4) is 0 Å². The van der Waals surface area contributed by atoms with Crippen molar-refractivity contribution in [2.45, 2.75) is 18.8 Å². The van der Waals surface area contributed by atoms with Gasteiger partial charge in [-0.25, -0.2) is 9.37 Å². The van der Waals surface area contributed by atoms with Gasteiger partial charge < -0.3 is 0 Å². The zero-order chi connectivity index (χ0) is 7.84. The molecule has 1 aromatic rings. The highest BCUT2D eigenvalue weighted by atomic mass is 19.1. The maximum absolute atomic E-state index is 12.9. The number of aromatic nitrogens is 1. The summed E-state index contributed by atoms with van der Waals surface area (Å²) in [5, 5.41) is 0. The summed E-state index contributed by atoms with van der Waals surface area (Å²) in [6.07, 6.45) is 2.93. The fourth-order valence-electron chi connectivity index (χ4n) is 1.16. The summed E-state index contributed by atoms with van der Waals surface area (Å²) in [6.45, 7) is 0. The van der Waals surface area contributed by atoms with Crippen molar-refractivity contribution in [2.24, 2.45) is 0 Å². The van der Waals surface area contributed by atoms with E-state index in [1.54, 1.807) is 0 Å². The van der Waals surface area contributed by atoms with Crippen LogP contribution in [0.15, 0.2) is 12.3 Å². The Morgan fingerprint density at radius 1 is 1.36 bits per heavy atom. The number of hydrogen-bond acceptors (Lipinski definition) is 1. The van der Waals surface area contributed by atoms with Gasteiger partial charge in [-0.05, 0) is 24.8 Å². The predicted octanol–water partition coefficient (Wildman–Crippen LogP) is 2.24. The number of rotatable bonds is 1. The third kappa shape index (κ3) is 1.11. The van der Waals surface area contributed by atoms with Crippen molar-refractivity contribution in [1.82, 2.24) is 4.98 Å². The second-order valence-electron chi connectivity index (χ2n) is 2.77. The summed E-state index contributed by atoms with van der Waals surface area (Å²) in [5.41, 5.74) is 0.174. The molecule has 0 amide bonds. The van der Waals surface area contributed by atoms with E-state index in [-0.39, 0.29) is 11.5 Å². The van der Waals surface area contributed by atoms with Gasteiger partial charge in [0.2, 0.25) is 5.95 Å². The summed E-state index contributed by atoms with van der Waals surface area (Å²) in [6, 6.07) is 1.21. The van der Waals surface area contributed by atoms with E-state index in [1.807, 2.05) is 0 Å². The topological polar surface area (TPSA) is 12.9 Å². The van der Waals surface area contributed by atoms with Crippen LogP contribution in [0.25, 0.3) is 0 Å². The summed E-state index contributed by atoms with van der Waals surface area (Å²) < 4.78 is 25.7. The van der Waals surface area contributed by atoms with Crippen LogP contribution in [0.2, 0.25) is 0 Å². The molecule has 58 valence electrons. The molecule has 1 aliphatic rings. The van der Waals surface area contributed by atoms with Gasteiger partial charge in [-0.15, -0.1) is 0 Å². The first-order valence-electron chi connectivity index (χ1n) is 3.59. The van der Waals surface area contributed by atoms with Crippen LogP contribution in [0.4, 0.5) is 8.78 Å². The van der Waals surface area contributed by atoms with E-state index in [9.17, 15) is 8.78 Å². The maximum Gasteiger partial charge on any atom is 0.219 e. The largest absolute Gasteiger partial charge is 0.228 e. The summed E-state index contributed by atoms with van der Waals surface area (Å²) in [7, 11) is 0. The molecule has 0 aromatic carbocycles. The molecular formula is C8H7F2N. The molecule has 3 heteroatoms. The molecule has 1 heterocycles. The molecular weight excluding hydrogens is 148 g/mol. The minimum Gasteiger partial charge on any atom is -0.228 e.